The number of nitrogens with one attached hydrogen (secondary N) is 2. The Balaban J connectivity index is 1.93. The molecule has 5 nitrogen and oxygen atoms in total. The SMILES string of the molecule is CCNC(=O)c1cc(-c2nc3c([nH]2)CCN(C(C)C)CC3)c(C)cc1C. The molecule has 1 amide bonds. The van der Waals surface area contributed by atoms with Gasteiger partial charge in [-0.15, -0.1) is 0 Å². The number of carbonyl (C=O) groups excluding carboxylic acids is 1. The molecule has 1 aliphatic rings. The van der Waals surface area contributed by atoms with E-state index in [1.807, 2.05) is 19.9 Å². The summed E-state index contributed by atoms with van der Waals surface area (Å²) in [6.07, 6.45) is 1.96. The van der Waals surface area contributed by atoms with Gasteiger partial charge in [0.05, 0.1) is 5.69 Å². The first-order valence-corrected chi connectivity index (χ1v) is 9.62. The summed E-state index contributed by atoms with van der Waals surface area (Å²) >= 11 is 0. The summed E-state index contributed by atoms with van der Waals surface area (Å²) < 4.78 is 0. The highest BCUT2D eigenvalue weighted by molar-refractivity contribution is 5.97. The first-order chi connectivity index (χ1) is 12.4. The van der Waals surface area contributed by atoms with Crippen LogP contribution in [0.2, 0.25) is 0 Å². The van der Waals surface area contributed by atoms with Gasteiger partial charge < -0.3 is 15.2 Å². The number of amides is 1. The molecule has 0 saturated carbocycles. The molecule has 0 bridgehead atoms. The number of aromatic amines is 1. The number of benzene rings is 1. The fraction of sp³-hybridized carbons (Fsp3) is 0.524. The molecule has 1 aromatic heterocycles. The number of hydrogen-bond donors (Lipinski definition) is 2. The van der Waals surface area contributed by atoms with E-state index in [4.69, 9.17) is 4.98 Å². The van der Waals surface area contributed by atoms with E-state index in [9.17, 15) is 4.79 Å². The minimum absolute atomic E-state index is 0.0213. The lowest BCUT2D eigenvalue weighted by Gasteiger charge is -2.23. The van der Waals surface area contributed by atoms with Crippen molar-refractivity contribution in [3.05, 3.63) is 40.2 Å². The molecule has 2 aromatic rings. The van der Waals surface area contributed by atoms with E-state index in [1.165, 1.54) is 11.4 Å². The second kappa shape index (κ2) is 7.62. The van der Waals surface area contributed by atoms with Gasteiger partial charge in [0.2, 0.25) is 0 Å². The van der Waals surface area contributed by atoms with Crippen LogP contribution in [-0.2, 0) is 12.8 Å². The van der Waals surface area contributed by atoms with Gasteiger partial charge >= 0.3 is 0 Å². The molecular weight excluding hydrogens is 324 g/mol. The second-order valence-electron chi connectivity index (χ2n) is 7.48. The Hall–Kier alpha value is -2.14. The monoisotopic (exact) mass is 354 g/mol. The van der Waals surface area contributed by atoms with Gasteiger partial charge in [0, 0.05) is 55.3 Å². The van der Waals surface area contributed by atoms with Crippen molar-refractivity contribution in [2.24, 2.45) is 0 Å². The van der Waals surface area contributed by atoms with Crippen molar-refractivity contribution in [1.82, 2.24) is 20.2 Å². The summed E-state index contributed by atoms with van der Waals surface area (Å²) in [6.45, 7) is 13.2. The van der Waals surface area contributed by atoms with E-state index in [0.29, 0.717) is 12.6 Å². The summed E-state index contributed by atoms with van der Waals surface area (Å²) in [7, 11) is 0. The Morgan fingerprint density at radius 2 is 1.96 bits per heavy atom. The van der Waals surface area contributed by atoms with Crippen LogP contribution in [0.4, 0.5) is 0 Å². The first-order valence-electron chi connectivity index (χ1n) is 9.62. The van der Waals surface area contributed by atoms with Crippen molar-refractivity contribution < 1.29 is 4.79 Å². The highest BCUT2D eigenvalue weighted by Gasteiger charge is 2.21. The fourth-order valence-corrected chi connectivity index (χ4v) is 3.73. The van der Waals surface area contributed by atoms with Gasteiger partial charge in [0.25, 0.3) is 5.91 Å². The quantitative estimate of drug-likeness (QED) is 0.886. The van der Waals surface area contributed by atoms with Crippen LogP contribution >= 0.6 is 0 Å². The van der Waals surface area contributed by atoms with Crippen LogP contribution in [0.15, 0.2) is 12.1 Å². The number of rotatable bonds is 4. The van der Waals surface area contributed by atoms with Crippen molar-refractivity contribution in [3.8, 4) is 11.4 Å². The number of hydrogen-bond acceptors (Lipinski definition) is 3. The van der Waals surface area contributed by atoms with Crippen LogP contribution in [0, 0.1) is 13.8 Å². The topological polar surface area (TPSA) is 61.0 Å². The summed E-state index contributed by atoms with van der Waals surface area (Å²) in [5, 5.41) is 2.90. The van der Waals surface area contributed by atoms with Crippen molar-refractivity contribution in [2.45, 2.75) is 53.5 Å². The van der Waals surface area contributed by atoms with Crippen molar-refractivity contribution >= 4 is 5.91 Å². The lowest BCUT2D eigenvalue weighted by atomic mass is 9.99. The van der Waals surface area contributed by atoms with Crippen LogP contribution in [0.5, 0.6) is 0 Å². The van der Waals surface area contributed by atoms with E-state index in [0.717, 1.165) is 54.0 Å². The Kier molecular flexibility index (Phi) is 5.47. The maximum atomic E-state index is 12.4. The smallest absolute Gasteiger partial charge is 0.251 e. The molecule has 5 heteroatoms. The molecule has 0 saturated heterocycles. The number of imidazole rings is 1. The zero-order valence-electron chi connectivity index (χ0n) is 16.6. The predicted octanol–water partition coefficient (Wildman–Crippen LogP) is 3.25. The van der Waals surface area contributed by atoms with Crippen LogP contribution in [0.25, 0.3) is 11.4 Å². The molecule has 0 fully saturated rings. The summed E-state index contributed by atoms with van der Waals surface area (Å²) in [5.41, 5.74) is 6.29. The molecule has 2 N–H and O–H groups in total. The van der Waals surface area contributed by atoms with Gasteiger partial charge in [0.1, 0.15) is 5.82 Å². The Labute approximate surface area is 156 Å². The van der Waals surface area contributed by atoms with Crippen molar-refractivity contribution in [1.29, 1.82) is 0 Å². The number of carbonyl (C=O) groups is 1. The molecule has 0 unspecified atom stereocenters. The number of nitrogens with zero attached hydrogens (tertiary/aromatic N) is 2. The third kappa shape index (κ3) is 3.68. The van der Waals surface area contributed by atoms with Gasteiger partial charge in [-0.3, -0.25) is 4.79 Å². The minimum atomic E-state index is -0.0213. The maximum absolute atomic E-state index is 12.4. The van der Waals surface area contributed by atoms with Crippen LogP contribution in [-0.4, -0.2) is 46.5 Å². The van der Waals surface area contributed by atoms with Gasteiger partial charge in [-0.25, -0.2) is 4.98 Å². The van der Waals surface area contributed by atoms with E-state index in [2.05, 4.69) is 42.0 Å². The van der Waals surface area contributed by atoms with E-state index in [1.54, 1.807) is 0 Å². The maximum Gasteiger partial charge on any atom is 0.251 e. The molecule has 0 atom stereocenters. The van der Waals surface area contributed by atoms with E-state index < -0.39 is 0 Å². The summed E-state index contributed by atoms with van der Waals surface area (Å²) in [5.74, 6) is 0.864. The van der Waals surface area contributed by atoms with Crippen LogP contribution in [0.1, 0.15) is 53.6 Å². The Bertz CT molecular complexity index is 781. The normalized spacial score (nSPS) is 15.0. The number of aryl methyl sites for hydroxylation is 2. The van der Waals surface area contributed by atoms with Gasteiger partial charge in [-0.1, -0.05) is 6.07 Å². The largest absolute Gasteiger partial charge is 0.352 e. The number of H-pyrrole nitrogens is 1. The second-order valence-corrected chi connectivity index (χ2v) is 7.48. The molecule has 26 heavy (non-hydrogen) atoms. The predicted molar refractivity (Wildman–Crippen MR) is 106 cm³/mol. The first kappa shape index (κ1) is 18.6. The van der Waals surface area contributed by atoms with Crippen molar-refractivity contribution in [2.75, 3.05) is 19.6 Å². The van der Waals surface area contributed by atoms with Gasteiger partial charge in [0.15, 0.2) is 0 Å². The van der Waals surface area contributed by atoms with Crippen LogP contribution < -0.4 is 5.32 Å². The third-order valence-corrected chi connectivity index (χ3v) is 5.29. The number of aromatic nitrogens is 2. The molecule has 0 aliphatic carbocycles. The van der Waals surface area contributed by atoms with E-state index in [-0.39, 0.29) is 5.91 Å². The molecule has 140 valence electrons. The average Bonchev–Trinajstić information content (AvgIpc) is 2.87. The highest BCUT2D eigenvalue weighted by Crippen LogP contribution is 2.27. The van der Waals surface area contributed by atoms with Crippen molar-refractivity contribution in [3.63, 3.8) is 0 Å². The van der Waals surface area contributed by atoms with Crippen LogP contribution in [0.3, 0.4) is 0 Å². The molecule has 0 spiro atoms. The van der Waals surface area contributed by atoms with E-state index >= 15 is 0 Å². The molecule has 0 radical (unpaired) electrons. The van der Waals surface area contributed by atoms with Gasteiger partial charge in [-0.2, -0.15) is 0 Å². The zero-order valence-corrected chi connectivity index (χ0v) is 16.6. The molecule has 1 aromatic carbocycles. The molecule has 3 rings (SSSR count). The Morgan fingerprint density at radius 3 is 2.65 bits per heavy atom. The molecular formula is C21H30N4O. The third-order valence-electron chi connectivity index (χ3n) is 5.29. The minimum Gasteiger partial charge on any atom is -0.352 e. The zero-order chi connectivity index (χ0) is 18.8. The number of fused-ring (bicyclic) bond motifs is 1. The average molecular weight is 354 g/mol. The lowest BCUT2D eigenvalue weighted by molar-refractivity contribution is 0.0955. The summed E-state index contributed by atoms with van der Waals surface area (Å²) in [4.78, 5) is 23.3. The lowest BCUT2D eigenvalue weighted by Crippen LogP contribution is -2.33. The fourth-order valence-electron chi connectivity index (χ4n) is 3.73. The molecule has 1 aliphatic heterocycles. The standard InChI is InChI=1S/C21H30N4O/c1-6-22-21(26)17-12-16(14(4)11-15(17)5)20-23-18-7-9-25(13(2)3)10-8-19(18)24-20/h11-13H,6-10H2,1-5H3,(H,22,26)(H,23,24). The highest BCUT2D eigenvalue weighted by atomic mass is 16.1. The van der Waals surface area contributed by atoms with Gasteiger partial charge in [-0.05, 0) is 51.8 Å². The molecule has 2 heterocycles. The Morgan fingerprint density at radius 1 is 1.23 bits per heavy atom. The summed E-state index contributed by atoms with van der Waals surface area (Å²) in [6, 6.07) is 4.63.